The summed E-state index contributed by atoms with van der Waals surface area (Å²) in [5.41, 5.74) is 0. The van der Waals surface area contributed by atoms with E-state index in [1.807, 2.05) is 6.20 Å². The van der Waals surface area contributed by atoms with Gasteiger partial charge in [-0.1, -0.05) is 46.0 Å². The lowest BCUT2D eigenvalue weighted by molar-refractivity contribution is 0.269. The number of anilines is 1. The van der Waals surface area contributed by atoms with E-state index in [0.717, 1.165) is 30.9 Å². The molecule has 0 unspecified atom stereocenters. The fourth-order valence-electron chi connectivity index (χ4n) is 2.97. The highest BCUT2D eigenvalue weighted by molar-refractivity contribution is 5.25. The number of nitrogens with zero attached hydrogens (tertiary/aromatic N) is 2. The fourth-order valence-corrected chi connectivity index (χ4v) is 2.97. The Morgan fingerprint density at radius 1 is 1.32 bits per heavy atom. The normalized spacial score (nSPS) is 23.5. The second-order valence-corrected chi connectivity index (χ2v) is 6.14. The number of hydrogen-bond donors (Lipinski definition) is 1. The molecule has 0 bridgehead atoms. The average Bonchev–Trinajstić information content (AvgIpc) is 2.86. The second-order valence-electron chi connectivity index (χ2n) is 6.14. The Morgan fingerprint density at radius 2 is 2.11 bits per heavy atom. The van der Waals surface area contributed by atoms with Gasteiger partial charge in [0.2, 0.25) is 5.95 Å². The predicted molar refractivity (Wildman–Crippen MR) is 81.4 cm³/mol. The van der Waals surface area contributed by atoms with Crippen molar-refractivity contribution in [1.29, 1.82) is 0 Å². The summed E-state index contributed by atoms with van der Waals surface area (Å²) >= 11 is 0. The van der Waals surface area contributed by atoms with Crippen molar-refractivity contribution in [1.82, 2.24) is 9.55 Å². The van der Waals surface area contributed by atoms with Crippen LogP contribution < -0.4 is 5.32 Å². The SMILES string of the molecule is CCCCNc1nccn1CCC1CCC(C)CC1. The van der Waals surface area contributed by atoms with Gasteiger partial charge < -0.3 is 9.88 Å². The predicted octanol–water partition coefficient (Wildman–Crippen LogP) is 4.31. The molecule has 0 amide bonds. The van der Waals surface area contributed by atoms with Gasteiger partial charge in [-0.2, -0.15) is 0 Å². The topological polar surface area (TPSA) is 29.9 Å². The number of rotatable bonds is 7. The van der Waals surface area contributed by atoms with E-state index in [2.05, 4.69) is 34.9 Å². The van der Waals surface area contributed by atoms with Crippen molar-refractivity contribution in [2.75, 3.05) is 11.9 Å². The molecule has 3 heteroatoms. The molecule has 1 heterocycles. The highest BCUT2D eigenvalue weighted by atomic mass is 15.2. The molecule has 19 heavy (non-hydrogen) atoms. The maximum Gasteiger partial charge on any atom is 0.202 e. The zero-order valence-corrected chi connectivity index (χ0v) is 12.6. The maximum atomic E-state index is 4.42. The first-order chi connectivity index (χ1) is 9.29. The van der Waals surface area contributed by atoms with Crippen LogP contribution >= 0.6 is 0 Å². The smallest absolute Gasteiger partial charge is 0.202 e. The van der Waals surface area contributed by atoms with Crippen LogP contribution in [-0.4, -0.2) is 16.1 Å². The van der Waals surface area contributed by atoms with Gasteiger partial charge in [0.05, 0.1) is 0 Å². The first-order valence-corrected chi connectivity index (χ1v) is 8.04. The molecular formula is C16H29N3. The second kappa shape index (κ2) is 7.56. The zero-order valence-electron chi connectivity index (χ0n) is 12.6. The summed E-state index contributed by atoms with van der Waals surface area (Å²) in [6.45, 7) is 6.77. The number of unbranched alkanes of at least 4 members (excludes halogenated alkanes) is 1. The monoisotopic (exact) mass is 263 g/mol. The number of nitrogens with one attached hydrogen (secondary N) is 1. The molecule has 0 atom stereocenters. The highest BCUT2D eigenvalue weighted by Crippen LogP contribution is 2.30. The van der Waals surface area contributed by atoms with Crippen LogP contribution in [0.3, 0.4) is 0 Å². The molecule has 0 spiro atoms. The summed E-state index contributed by atoms with van der Waals surface area (Å²) in [5.74, 6) is 2.94. The minimum Gasteiger partial charge on any atom is -0.356 e. The Kier molecular flexibility index (Phi) is 5.74. The summed E-state index contributed by atoms with van der Waals surface area (Å²) in [4.78, 5) is 4.42. The first-order valence-electron chi connectivity index (χ1n) is 8.04. The molecule has 0 saturated heterocycles. The molecule has 1 fully saturated rings. The van der Waals surface area contributed by atoms with E-state index < -0.39 is 0 Å². The van der Waals surface area contributed by atoms with Crippen LogP contribution in [0.15, 0.2) is 12.4 Å². The van der Waals surface area contributed by atoms with Crippen LogP contribution in [0.5, 0.6) is 0 Å². The van der Waals surface area contributed by atoms with Gasteiger partial charge in [-0.3, -0.25) is 0 Å². The van der Waals surface area contributed by atoms with E-state index >= 15 is 0 Å². The van der Waals surface area contributed by atoms with Crippen LogP contribution in [0, 0.1) is 11.8 Å². The van der Waals surface area contributed by atoms with Crippen molar-refractivity contribution in [3.63, 3.8) is 0 Å². The molecule has 1 N–H and O–H groups in total. The lowest BCUT2D eigenvalue weighted by Crippen LogP contribution is -2.15. The molecule has 1 aromatic rings. The molecule has 1 saturated carbocycles. The minimum atomic E-state index is 0.932. The van der Waals surface area contributed by atoms with Crippen molar-refractivity contribution >= 4 is 5.95 Å². The van der Waals surface area contributed by atoms with Crippen LogP contribution in [0.2, 0.25) is 0 Å². The van der Waals surface area contributed by atoms with Crippen molar-refractivity contribution in [3.05, 3.63) is 12.4 Å². The Hall–Kier alpha value is -0.990. The Labute approximate surface area is 117 Å². The van der Waals surface area contributed by atoms with Crippen LogP contribution in [0.4, 0.5) is 5.95 Å². The summed E-state index contributed by atoms with van der Waals surface area (Å²) in [6.07, 6.45) is 13.5. The van der Waals surface area contributed by atoms with E-state index in [1.54, 1.807) is 0 Å². The first kappa shape index (κ1) is 14.4. The van der Waals surface area contributed by atoms with Gasteiger partial charge in [0.1, 0.15) is 0 Å². The maximum absolute atomic E-state index is 4.42. The molecule has 1 aliphatic carbocycles. The molecule has 1 aliphatic rings. The quantitative estimate of drug-likeness (QED) is 0.743. The van der Waals surface area contributed by atoms with E-state index in [0.29, 0.717) is 0 Å². The zero-order chi connectivity index (χ0) is 13.5. The fraction of sp³-hybridized carbons (Fsp3) is 0.812. The summed E-state index contributed by atoms with van der Waals surface area (Å²) < 4.78 is 2.29. The minimum absolute atomic E-state index is 0.932. The molecule has 2 rings (SSSR count). The number of hydrogen-bond acceptors (Lipinski definition) is 2. The van der Waals surface area contributed by atoms with E-state index in [4.69, 9.17) is 0 Å². The van der Waals surface area contributed by atoms with Gasteiger partial charge in [-0.25, -0.2) is 4.98 Å². The van der Waals surface area contributed by atoms with Crippen LogP contribution in [0.25, 0.3) is 0 Å². The third kappa shape index (κ3) is 4.55. The van der Waals surface area contributed by atoms with Gasteiger partial charge >= 0.3 is 0 Å². The molecule has 0 radical (unpaired) electrons. The van der Waals surface area contributed by atoms with Crippen LogP contribution in [-0.2, 0) is 6.54 Å². The Morgan fingerprint density at radius 3 is 2.84 bits per heavy atom. The Bertz CT molecular complexity index is 351. The number of aryl methyl sites for hydroxylation is 1. The van der Waals surface area contributed by atoms with Gasteiger partial charge in [0.25, 0.3) is 0 Å². The molecule has 3 nitrogen and oxygen atoms in total. The van der Waals surface area contributed by atoms with E-state index in [-0.39, 0.29) is 0 Å². The summed E-state index contributed by atoms with van der Waals surface area (Å²) in [7, 11) is 0. The molecular weight excluding hydrogens is 234 g/mol. The standard InChI is InChI=1S/C16H29N3/c1-3-4-10-17-16-18-11-13-19(16)12-9-15-7-5-14(2)6-8-15/h11,13-15H,3-10,12H2,1-2H3,(H,17,18). The third-order valence-corrected chi connectivity index (χ3v) is 4.44. The van der Waals surface area contributed by atoms with E-state index in [9.17, 15) is 0 Å². The largest absolute Gasteiger partial charge is 0.356 e. The summed E-state index contributed by atoms with van der Waals surface area (Å²) in [6, 6.07) is 0. The molecule has 108 valence electrons. The van der Waals surface area contributed by atoms with Crippen molar-refractivity contribution < 1.29 is 0 Å². The highest BCUT2D eigenvalue weighted by Gasteiger charge is 2.18. The molecule has 0 aromatic carbocycles. The molecule has 1 aromatic heterocycles. The Balaban J connectivity index is 1.74. The van der Waals surface area contributed by atoms with Crippen LogP contribution in [0.1, 0.15) is 58.8 Å². The van der Waals surface area contributed by atoms with Crippen molar-refractivity contribution in [2.24, 2.45) is 11.8 Å². The van der Waals surface area contributed by atoms with Gasteiger partial charge in [0.15, 0.2) is 0 Å². The lowest BCUT2D eigenvalue weighted by Gasteiger charge is -2.26. The lowest BCUT2D eigenvalue weighted by atomic mass is 9.81. The van der Waals surface area contributed by atoms with Crippen molar-refractivity contribution in [2.45, 2.75) is 65.3 Å². The van der Waals surface area contributed by atoms with Gasteiger partial charge in [0, 0.05) is 25.5 Å². The van der Waals surface area contributed by atoms with Crippen molar-refractivity contribution in [3.8, 4) is 0 Å². The summed E-state index contributed by atoms with van der Waals surface area (Å²) in [5, 5.41) is 3.44. The molecule has 0 aliphatic heterocycles. The van der Waals surface area contributed by atoms with Gasteiger partial charge in [-0.15, -0.1) is 0 Å². The van der Waals surface area contributed by atoms with Gasteiger partial charge in [-0.05, 0) is 24.7 Å². The third-order valence-electron chi connectivity index (χ3n) is 4.44. The number of aromatic nitrogens is 2. The number of imidazole rings is 1. The average molecular weight is 263 g/mol. The van der Waals surface area contributed by atoms with E-state index in [1.165, 1.54) is 44.9 Å².